The van der Waals surface area contributed by atoms with Gasteiger partial charge in [0.2, 0.25) is 0 Å². The first kappa shape index (κ1) is 16.8. The van der Waals surface area contributed by atoms with Crippen LogP contribution in [-0.4, -0.2) is 9.78 Å². The van der Waals surface area contributed by atoms with Crippen molar-refractivity contribution in [3.05, 3.63) is 49.7 Å². The zero-order valence-electron chi connectivity index (χ0n) is 12.0. The molecule has 0 aliphatic heterocycles. The maximum Gasteiger partial charge on any atom is 0.0850 e. The van der Waals surface area contributed by atoms with Crippen LogP contribution >= 0.6 is 39.1 Å². The van der Waals surface area contributed by atoms with Crippen molar-refractivity contribution < 1.29 is 0 Å². The SMILES string of the molecule is CCc1nn(CC)c(CC(N)c2ccc(Cl)cc2Br)c1Cl. The highest BCUT2D eigenvalue weighted by Gasteiger charge is 2.19. The lowest BCUT2D eigenvalue weighted by atomic mass is 10.0. The van der Waals surface area contributed by atoms with Crippen LogP contribution < -0.4 is 5.73 Å². The molecule has 114 valence electrons. The van der Waals surface area contributed by atoms with Crippen molar-refractivity contribution in [1.29, 1.82) is 0 Å². The number of benzene rings is 1. The van der Waals surface area contributed by atoms with Crippen molar-refractivity contribution in [1.82, 2.24) is 9.78 Å². The molecule has 2 N–H and O–H groups in total. The van der Waals surface area contributed by atoms with Gasteiger partial charge in [0.15, 0.2) is 0 Å². The van der Waals surface area contributed by atoms with Gasteiger partial charge < -0.3 is 5.73 Å². The lowest BCUT2D eigenvalue weighted by Crippen LogP contribution is -2.17. The van der Waals surface area contributed by atoms with E-state index in [4.69, 9.17) is 28.9 Å². The molecule has 2 aromatic rings. The molecule has 3 nitrogen and oxygen atoms in total. The second kappa shape index (κ2) is 7.14. The Morgan fingerprint density at radius 1 is 1.33 bits per heavy atom. The lowest BCUT2D eigenvalue weighted by molar-refractivity contribution is 0.585. The third kappa shape index (κ3) is 3.62. The normalized spacial score (nSPS) is 12.7. The van der Waals surface area contributed by atoms with E-state index in [2.05, 4.69) is 28.0 Å². The Morgan fingerprint density at radius 3 is 2.62 bits per heavy atom. The van der Waals surface area contributed by atoms with Gasteiger partial charge in [0.1, 0.15) is 0 Å². The summed E-state index contributed by atoms with van der Waals surface area (Å²) in [5.41, 5.74) is 9.28. The zero-order valence-corrected chi connectivity index (χ0v) is 15.1. The molecule has 0 amide bonds. The molecule has 0 spiro atoms. The summed E-state index contributed by atoms with van der Waals surface area (Å²) >= 11 is 15.9. The maximum atomic E-state index is 6.43. The van der Waals surface area contributed by atoms with E-state index in [1.54, 1.807) is 0 Å². The van der Waals surface area contributed by atoms with Crippen LogP contribution in [0.5, 0.6) is 0 Å². The summed E-state index contributed by atoms with van der Waals surface area (Å²) in [5, 5.41) is 5.95. The summed E-state index contributed by atoms with van der Waals surface area (Å²) in [6.45, 7) is 4.88. The number of aromatic nitrogens is 2. The molecule has 21 heavy (non-hydrogen) atoms. The van der Waals surface area contributed by atoms with Gasteiger partial charge in [-0.2, -0.15) is 5.10 Å². The van der Waals surface area contributed by atoms with Crippen molar-refractivity contribution in [3.63, 3.8) is 0 Å². The minimum absolute atomic E-state index is 0.166. The Balaban J connectivity index is 2.31. The van der Waals surface area contributed by atoms with Crippen molar-refractivity contribution in [2.45, 2.75) is 39.3 Å². The fraction of sp³-hybridized carbons (Fsp3) is 0.400. The highest BCUT2D eigenvalue weighted by atomic mass is 79.9. The van der Waals surface area contributed by atoms with Crippen molar-refractivity contribution in [2.75, 3.05) is 0 Å². The maximum absolute atomic E-state index is 6.43. The Morgan fingerprint density at radius 2 is 2.05 bits per heavy atom. The van der Waals surface area contributed by atoms with Gasteiger partial charge >= 0.3 is 0 Å². The molecular weight excluding hydrogens is 373 g/mol. The summed E-state index contributed by atoms with van der Waals surface area (Å²) in [6, 6.07) is 5.48. The number of nitrogens with zero attached hydrogens (tertiary/aromatic N) is 2. The Kier molecular flexibility index (Phi) is 5.72. The van der Waals surface area contributed by atoms with Crippen LogP contribution in [0, 0.1) is 0 Å². The fourth-order valence-corrected chi connectivity index (χ4v) is 3.66. The third-order valence-electron chi connectivity index (χ3n) is 3.47. The van der Waals surface area contributed by atoms with Gasteiger partial charge in [0, 0.05) is 28.5 Å². The molecule has 1 heterocycles. The summed E-state index contributed by atoms with van der Waals surface area (Å²) in [5.74, 6) is 0. The van der Waals surface area contributed by atoms with Crippen molar-refractivity contribution in [2.24, 2.45) is 5.73 Å². The molecule has 2 rings (SSSR count). The first-order chi connectivity index (χ1) is 9.97. The molecule has 0 saturated heterocycles. The van der Waals surface area contributed by atoms with Gasteiger partial charge in [-0.25, -0.2) is 0 Å². The molecule has 1 unspecified atom stereocenters. The quantitative estimate of drug-likeness (QED) is 0.798. The smallest absolute Gasteiger partial charge is 0.0850 e. The van der Waals surface area contributed by atoms with E-state index in [1.165, 1.54) is 0 Å². The molecule has 6 heteroatoms. The Hall–Kier alpha value is -0.550. The van der Waals surface area contributed by atoms with E-state index in [0.29, 0.717) is 11.4 Å². The van der Waals surface area contributed by atoms with Gasteiger partial charge in [0.25, 0.3) is 0 Å². The summed E-state index contributed by atoms with van der Waals surface area (Å²) in [4.78, 5) is 0. The van der Waals surface area contributed by atoms with Crippen molar-refractivity contribution >= 4 is 39.1 Å². The molecule has 0 aliphatic rings. The van der Waals surface area contributed by atoms with Gasteiger partial charge in [0.05, 0.1) is 16.4 Å². The van der Waals surface area contributed by atoms with E-state index >= 15 is 0 Å². The standard InChI is InChI=1S/C15H18BrCl2N3/c1-3-13-15(18)14(21(4-2)20-13)8-12(19)10-6-5-9(17)7-11(10)16/h5-7,12H,3-4,8,19H2,1-2H3. The van der Waals surface area contributed by atoms with E-state index in [-0.39, 0.29) is 6.04 Å². The minimum atomic E-state index is -0.166. The molecule has 0 fully saturated rings. The predicted molar refractivity (Wildman–Crippen MR) is 92.1 cm³/mol. The minimum Gasteiger partial charge on any atom is -0.324 e. The molecule has 1 aromatic heterocycles. The average molecular weight is 391 g/mol. The van der Waals surface area contributed by atoms with Crippen LogP contribution in [0.3, 0.4) is 0 Å². The predicted octanol–water partition coefficient (Wildman–Crippen LogP) is 4.78. The molecule has 0 bridgehead atoms. The van der Waals surface area contributed by atoms with Crippen LogP contribution in [0.2, 0.25) is 10.0 Å². The summed E-state index contributed by atoms with van der Waals surface area (Å²) in [7, 11) is 0. The van der Waals surface area contributed by atoms with Crippen LogP contribution in [0.1, 0.15) is 36.8 Å². The van der Waals surface area contributed by atoms with E-state index < -0.39 is 0 Å². The molecular formula is C15H18BrCl2N3. The topological polar surface area (TPSA) is 43.8 Å². The van der Waals surface area contributed by atoms with Gasteiger partial charge in [-0.1, -0.05) is 52.1 Å². The highest BCUT2D eigenvalue weighted by Crippen LogP contribution is 2.30. The summed E-state index contributed by atoms with van der Waals surface area (Å²) in [6.07, 6.45) is 1.46. The van der Waals surface area contributed by atoms with Crippen LogP contribution in [-0.2, 0) is 19.4 Å². The van der Waals surface area contributed by atoms with Crippen molar-refractivity contribution in [3.8, 4) is 0 Å². The lowest BCUT2D eigenvalue weighted by Gasteiger charge is -2.15. The first-order valence-corrected chi connectivity index (χ1v) is 8.47. The van der Waals surface area contributed by atoms with E-state index in [1.807, 2.05) is 29.8 Å². The number of nitrogens with two attached hydrogens (primary N) is 1. The monoisotopic (exact) mass is 389 g/mol. The second-order valence-electron chi connectivity index (χ2n) is 4.85. The van der Waals surface area contributed by atoms with Crippen LogP contribution in [0.25, 0.3) is 0 Å². The average Bonchev–Trinajstić information content (AvgIpc) is 2.75. The van der Waals surface area contributed by atoms with Crippen LogP contribution in [0.4, 0.5) is 0 Å². The van der Waals surface area contributed by atoms with Gasteiger partial charge in [-0.3, -0.25) is 4.68 Å². The molecule has 0 aliphatic carbocycles. The molecule has 1 atom stereocenters. The zero-order chi connectivity index (χ0) is 15.6. The summed E-state index contributed by atoms with van der Waals surface area (Å²) < 4.78 is 2.85. The number of aryl methyl sites for hydroxylation is 2. The molecule has 0 saturated carbocycles. The van der Waals surface area contributed by atoms with E-state index in [0.717, 1.165) is 39.4 Å². The second-order valence-corrected chi connectivity index (χ2v) is 6.52. The number of hydrogen-bond acceptors (Lipinski definition) is 2. The largest absolute Gasteiger partial charge is 0.324 e. The molecule has 1 aromatic carbocycles. The Labute approximate surface area is 143 Å². The highest BCUT2D eigenvalue weighted by molar-refractivity contribution is 9.10. The first-order valence-electron chi connectivity index (χ1n) is 6.92. The third-order valence-corrected chi connectivity index (χ3v) is 4.83. The van der Waals surface area contributed by atoms with E-state index in [9.17, 15) is 0 Å². The fourth-order valence-electron chi connectivity index (χ4n) is 2.33. The number of hydrogen-bond donors (Lipinski definition) is 1. The Bertz CT molecular complexity index is 640. The number of rotatable bonds is 5. The number of halogens is 3. The molecule has 0 radical (unpaired) electrons. The van der Waals surface area contributed by atoms with Crippen LogP contribution in [0.15, 0.2) is 22.7 Å². The van der Waals surface area contributed by atoms with Gasteiger partial charge in [-0.15, -0.1) is 0 Å². The van der Waals surface area contributed by atoms with Gasteiger partial charge in [-0.05, 0) is 31.0 Å².